The van der Waals surface area contributed by atoms with Crippen LogP contribution in [0.1, 0.15) is 12.5 Å². The van der Waals surface area contributed by atoms with Gasteiger partial charge in [0, 0.05) is 0 Å². The molecule has 0 fully saturated rings. The number of phenols is 1. The Morgan fingerprint density at radius 1 is 1.11 bits per heavy atom. The summed E-state index contributed by atoms with van der Waals surface area (Å²) in [6, 6.07) is 4.69. The fraction of sp³-hybridized carbons (Fsp3) is 0.333. The van der Waals surface area contributed by atoms with Crippen LogP contribution in [-0.2, 0) is 16.0 Å². The molecular formula is C12H18N2O5. The highest BCUT2D eigenvalue weighted by Gasteiger charge is 2.11. The molecule has 0 aliphatic carbocycles. The maximum Gasteiger partial charge on any atom is 0.320 e. The summed E-state index contributed by atoms with van der Waals surface area (Å²) in [5.74, 6) is -1.82. The van der Waals surface area contributed by atoms with Crippen LogP contribution in [-0.4, -0.2) is 39.3 Å². The van der Waals surface area contributed by atoms with Gasteiger partial charge in [0.1, 0.15) is 17.8 Å². The second kappa shape index (κ2) is 8.06. The third-order valence-electron chi connectivity index (χ3n) is 2.10. The van der Waals surface area contributed by atoms with E-state index in [-0.39, 0.29) is 12.2 Å². The van der Waals surface area contributed by atoms with Gasteiger partial charge in [-0.1, -0.05) is 12.1 Å². The molecule has 0 unspecified atom stereocenters. The molecule has 1 rings (SSSR count). The van der Waals surface area contributed by atoms with E-state index in [1.807, 2.05) is 0 Å². The number of benzene rings is 1. The summed E-state index contributed by atoms with van der Waals surface area (Å²) in [6.45, 7) is 1.42. The van der Waals surface area contributed by atoms with E-state index in [2.05, 4.69) is 0 Å². The van der Waals surface area contributed by atoms with Crippen molar-refractivity contribution < 1.29 is 24.9 Å². The van der Waals surface area contributed by atoms with Crippen LogP contribution >= 0.6 is 0 Å². The first-order valence-corrected chi connectivity index (χ1v) is 5.48. The van der Waals surface area contributed by atoms with Gasteiger partial charge in [-0.3, -0.25) is 9.59 Å². The van der Waals surface area contributed by atoms with Crippen LogP contribution in [0.4, 0.5) is 0 Å². The maximum atomic E-state index is 10.4. The van der Waals surface area contributed by atoms with Crippen molar-refractivity contribution in [2.75, 3.05) is 0 Å². The molecular weight excluding hydrogens is 252 g/mol. The fourth-order valence-electron chi connectivity index (χ4n) is 0.973. The van der Waals surface area contributed by atoms with Crippen molar-refractivity contribution in [3.63, 3.8) is 0 Å². The van der Waals surface area contributed by atoms with Crippen molar-refractivity contribution in [2.24, 2.45) is 11.5 Å². The number of phenolic OH excluding ortho intramolecular Hbond substituents is 1. The van der Waals surface area contributed by atoms with Crippen LogP contribution in [0.25, 0.3) is 0 Å². The minimum atomic E-state index is -1.02. The quantitative estimate of drug-likeness (QED) is 0.507. The van der Waals surface area contributed by atoms with E-state index < -0.39 is 24.0 Å². The van der Waals surface area contributed by atoms with Crippen molar-refractivity contribution in [1.82, 2.24) is 0 Å². The molecule has 0 radical (unpaired) electrons. The average molecular weight is 270 g/mol. The van der Waals surface area contributed by atoms with Gasteiger partial charge in [-0.05, 0) is 31.0 Å². The van der Waals surface area contributed by atoms with Gasteiger partial charge in [0.25, 0.3) is 0 Å². The predicted octanol–water partition coefficient (Wildman–Crippen LogP) is -0.235. The number of aliphatic carboxylic acids is 2. The Kier molecular flexibility index (Phi) is 7.16. The second-order valence-electron chi connectivity index (χ2n) is 3.94. The van der Waals surface area contributed by atoms with Crippen LogP contribution in [0, 0.1) is 0 Å². The smallest absolute Gasteiger partial charge is 0.320 e. The second-order valence-corrected chi connectivity index (χ2v) is 3.94. The Labute approximate surface area is 110 Å². The summed E-state index contributed by atoms with van der Waals surface area (Å²) in [5.41, 5.74) is 11.0. The molecule has 0 amide bonds. The molecule has 1 aromatic rings. The number of hydrogen-bond donors (Lipinski definition) is 5. The number of aromatic hydroxyl groups is 1. The zero-order valence-corrected chi connectivity index (χ0v) is 10.5. The number of carbonyl (C=O) groups is 2. The van der Waals surface area contributed by atoms with E-state index in [0.717, 1.165) is 5.56 Å². The molecule has 7 nitrogen and oxygen atoms in total. The molecule has 0 heterocycles. The van der Waals surface area contributed by atoms with Crippen molar-refractivity contribution in [3.8, 4) is 5.75 Å². The van der Waals surface area contributed by atoms with Crippen molar-refractivity contribution in [1.29, 1.82) is 0 Å². The number of carboxylic acid groups (broad SMARTS) is 2. The first kappa shape index (κ1) is 16.9. The summed E-state index contributed by atoms with van der Waals surface area (Å²) >= 11 is 0. The lowest BCUT2D eigenvalue weighted by Crippen LogP contribution is -2.32. The zero-order valence-electron chi connectivity index (χ0n) is 10.5. The van der Waals surface area contributed by atoms with Gasteiger partial charge in [0.2, 0.25) is 0 Å². The van der Waals surface area contributed by atoms with Crippen LogP contribution in [0.2, 0.25) is 0 Å². The lowest BCUT2D eigenvalue weighted by atomic mass is 10.1. The van der Waals surface area contributed by atoms with Crippen molar-refractivity contribution >= 4 is 11.9 Å². The SMILES string of the molecule is C[C@@H](N)C(=O)O.N[C@@H](Cc1ccc(O)cc1)C(=O)O. The molecule has 0 saturated heterocycles. The summed E-state index contributed by atoms with van der Waals surface area (Å²) in [5, 5.41) is 25.3. The Morgan fingerprint density at radius 3 is 1.84 bits per heavy atom. The first-order chi connectivity index (χ1) is 8.73. The highest BCUT2D eigenvalue weighted by Crippen LogP contribution is 2.10. The summed E-state index contributed by atoms with van der Waals surface area (Å²) in [6.07, 6.45) is 0.273. The lowest BCUT2D eigenvalue weighted by molar-refractivity contribution is -0.139. The minimum absolute atomic E-state index is 0.160. The van der Waals surface area contributed by atoms with Gasteiger partial charge < -0.3 is 26.8 Å². The Morgan fingerprint density at radius 2 is 1.53 bits per heavy atom. The monoisotopic (exact) mass is 270 g/mol. The third kappa shape index (κ3) is 7.74. The van der Waals surface area contributed by atoms with E-state index in [1.54, 1.807) is 12.1 Å². The standard InChI is InChI=1S/C9H11NO3.C3H7NO2/c10-8(9(12)13)5-6-1-3-7(11)4-2-6;1-2(4)3(5)6/h1-4,8,11H,5,10H2,(H,12,13);2H,4H2,1H3,(H,5,6)/t8-;2-/m01/s1. The topological polar surface area (TPSA) is 147 Å². The molecule has 0 spiro atoms. The number of carboxylic acids is 2. The Balaban J connectivity index is 0.000000459. The van der Waals surface area contributed by atoms with E-state index in [0.29, 0.717) is 0 Å². The summed E-state index contributed by atoms with van der Waals surface area (Å²) in [4.78, 5) is 20.0. The van der Waals surface area contributed by atoms with Crippen LogP contribution in [0.15, 0.2) is 24.3 Å². The molecule has 2 atom stereocenters. The average Bonchev–Trinajstić information content (AvgIpc) is 2.32. The van der Waals surface area contributed by atoms with Gasteiger partial charge in [-0.2, -0.15) is 0 Å². The molecule has 7 N–H and O–H groups in total. The molecule has 19 heavy (non-hydrogen) atoms. The highest BCUT2D eigenvalue weighted by atomic mass is 16.4. The lowest BCUT2D eigenvalue weighted by Gasteiger charge is -2.05. The van der Waals surface area contributed by atoms with Gasteiger partial charge in [0.05, 0.1) is 0 Å². The molecule has 106 valence electrons. The predicted molar refractivity (Wildman–Crippen MR) is 68.7 cm³/mol. The normalized spacial score (nSPS) is 12.8. The first-order valence-electron chi connectivity index (χ1n) is 5.48. The largest absolute Gasteiger partial charge is 0.508 e. The number of rotatable bonds is 4. The summed E-state index contributed by atoms with van der Waals surface area (Å²) in [7, 11) is 0. The van der Waals surface area contributed by atoms with E-state index >= 15 is 0 Å². The number of nitrogens with two attached hydrogens (primary N) is 2. The van der Waals surface area contributed by atoms with Gasteiger partial charge in [-0.25, -0.2) is 0 Å². The van der Waals surface area contributed by atoms with Crippen LogP contribution in [0.3, 0.4) is 0 Å². The highest BCUT2D eigenvalue weighted by molar-refractivity contribution is 5.73. The van der Waals surface area contributed by atoms with E-state index in [9.17, 15) is 9.59 Å². The van der Waals surface area contributed by atoms with E-state index in [1.165, 1.54) is 19.1 Å². The fourth-order valence-corrected chi connectivity index (χ4v) is 0.973. The third-order valence-corrected chi connectivity index (χ3v) is 2.10. The molecule has 0 aromatic heterocycles. The molecule has 7 heteroatoms. The molecule has 0 saturated carbocycles. The van der Waals surface area contributed by atoms with E-state index in [4.69, 9.17) is 26.8 Å². The van der Waals surface area contributed by atoms with Crippen LogP contribution < -0.4 is 11.5 Å². The summed E-state index contributed by atoms with van der Waals surface area (Å²) < 4.78 is 0. The maximum absolute atomic E-state index is 10.4. The van der Waals surface area contributed by atoms with Crippen molar-refractivity contribution in [3.05, 3.63) is 29.8 Å². The molecule has 1 aromatic carbocycles. The molecule has 0 bridgehead atoms. The molecule has 0 aliphatic heterocycles. The van der Waals surface area contributed by atoms with Gasteiger partial charge in [0.15, 0.2) is 0 Å². The Hall–Kier alpha value is -2.12. The Bertz CT molecular complexity index is 417. The number of hydrogen-bond acceptors (Lipinski definition) is 5. The van der Waals surface area contributed by atoms with Crippen LogP contribution in [0.5, 0.6) is 5.75 Å². The molecule has 0 aliphatic rings. The van der Waals surface area contributed by atoms with Crippen molar-refractivity contribution in [2.45, 2.75) is 25.4 Å². The van der Waals surface area contributed by atoms with Gasteiger partial charge >= 0.3 is 11.9 Å². The van der Waals surface area contributed by atoms with Gasteiger partial charge in [-0.15, -0.1) is 0 Å². The minimum Gasteiger partial charge on any atom is -0.508 e. The zero-order chi connectivity index (χ0) is 15.0.